The lowest BCUT2D eigenvalue weighted by atomic mass is 10.2. The fourth-order valence-corrected chi connectivity index (χ4v) is 1.14. The third kappa shape index (κ3) is 2.16. The lowest BCUT2D eigenvalue weighted by Gasteiger charge is -2.12. The van der Waals surface area contributed by atoms with E-state index in [-0.39, 0.29) is 6.54 Å². The van der Waals surface area contributed by atoms with E-state index in [9.17, 15) is 4.79 Å². The Balaban J connectivity index is 2.41. The van der Waals surface area contributed by atoms with Crippen molar-refractivity contribution in [3.05, 3.63) is 35.9 Å². The van der Waals surface area contributed by atoms with Crippen LogP contribution in [-0.2, 0) is 11.3 Å². The predicted octanol–water partition coefficient (Wildman–Crippen LogP) is 1.46. The minimum Gasteiger partial charge on any atom is -0.298 e. The molecule has 0 amide bonds. The fraction of sp³-hybridized carbons (Fsp3) is 0.364. The predicted molar refractivity (Wildman–Crippen MR) is 51.3 cm³/mol. The maximum absolute atomic E-state index is 11.7. The van der Waals surface area contributed by atoms with E-state index in [1.54, 1.807) is 30.3 Å². The van der Waals surface area contributed by atoms with Gasteiger partial charge >= 0.3 is 0 Å². The summed E-state index contributed by atoms with van der Waals surface area (Å²) >= 11 is 0. The summed E-state index contributed by atoms with van der Waals surface area (Å²) < 4.78 is 45.8. The number of carbonyl (C=O) groups is 1. The minimum absolute atomic E-state index is 0.175. The van der Waals surface area contributed by atoms with Gasteiger partial charge < -0.3 is 0 Å². The number of hydrogen-bond donors (Lipinski definition) is 0. The first-order valence-corrected chi connectivity index (χ1v) is 3.98. The maximum atomic E-state index is 11.7. The molecule has 1 aromatic rings. The van der Waals surface area contributed by atoms with Crippen LogP contribution in [-0.4, -0.2) is 23.7 Å². The lowest BCUT2D eigenvalue weighted by Crippen LogP contribution is -2.19. The topological polar surface area (TPSA) is 20.3 Å². The van der Waals surface area contributed by atoms with E-state index in [0.29, 0.717) is 10.5 Å². The smallest absolute Gasteiger partial charge is 0.148 e. The minimum atomic E-state index is -2.87. The zero-order valence-corrected chi connectivity index (χ0v) is 6.95. The van der Waals surface area contributed by atoms with E-state index in [2.05, 4.69) is 0 Å². The number of benzene rings is 1. The molecule has 1 heterocycles. The van der Waals surface area contributed by atoms with Crippen LogP contribution in [0.1, 0.15) is 20.2 Å². The van der Waals surface area contributed by atoms with Gasteiger partial charge in [-0.3, -0.25) is 9.69 Å². The van der Waals surface area contributed by atoms with Crippen LogP contribution >= 0.6 is 0 Å². The van der Waals surface area contributed by atoms with E-state index in [1.165, 1.54) is 0 Å². The van der Waals surface area contributed by atoms with Crippen molar-refractivity contribution >= 4 is 5.78 Å². The Bertz CT molecular complexity index is 501. The summed E-state index contributed by atoms with van der Waals surface area (Å²) in [7, 11) is 0. The van der Waals surface area contributed by atoms with Crippen LogP contribution in [0.4, 0.5) is 0 Å². The molecule has 0 atom stereocenters. The molecule has 1 aliphatic heterocycles. The normalized spacial score (nSPS) is 36.5. The van der Waals surface area contributed by atoms with Gasteiger partial charge in [0.05, 0.1) is 9.24 Å². The highest BCUT2D eigenvalue weighted by molar-refractivity contribution is 5.82. The van der Waals surface area contributed by atoms with Crippen molar-refractivity contribution in [3.63, 3.8) is 0 Å². The van der Waals surface area contributed by atoms with Gasteiger partial charge in [0.25, 0.3) is 0 Å². The van der Waals surface area contributed by atoms with Gasteiger partial charge in [-0.15, -0.1) is 0 Å². The van der Waals surface area contributed by atoms with E-state index in [0.717, 1.165) is 0 Å². The number of carbonyl (C=O) groups excluding carboxylic acids is 1. The molecule has 2 rings (SSSR count). The molecule has 0 radical (unpaired) electrons. The first-order valence-electron chi connectivity index (χ1n) is 6.98. The molecular formula is C11H13NO. The Morgan fingerprint density at radius 2 is 2.15 bits per heavy atom. The zero-order valence-electron chi connectivity index (χ0n) is 12.9. The molecule has 1 aliphatic rings. The van der Waals surface area contributed by atoms with E-state index in [1.807, 2.05) is 0 Å². The monoisotopic (exact) mass is 181 g/mol. The maximum Gasteiger partial charge on any atom is 0.148 e. The van der Waals surface area contributed by atoms with E-state index >= 15 is 0 Å². The lowest BCUT2D eigenvalue weighted by molar-refractivity contribution is -0.116. The first-order chi connectivity index (χ1) is 8.62. The molecule has 0 saturated carbocycles. The van der Waals surface area contributed by atoms with Crippen molar-refractivity contribution in [2.45, 2.75) is 12.9 Å². The van der Waals surface area contributed by atoms with Gasteiger partial charge in [-0.25, -0.2) is 0 Å². The summed E-state index contributed by atoms with van der Waals surface area (Å²) in [5.41, 5.74) is 0.612. The third-order valence-corrected chi connectivity index (χ3v) is 1.72. The molecule has 0 bridgehead atoms. The van der Waals surface area contributed by atoms with Crippen LogP contribution in [0.5, 0.6) is 0 Å². The SMILES string of the molecule is [2H]C1([2H])C(=O)C([2H])([2H])C([2H])([2H])N1Cc1ccccc1. The standard InChI is InChI=1S/C11H13NO/c13-11-6-7-12(9-11)8-10-4-2-1-3-5-10/h1-5H,6-9H2/i6D2,7D2,9D2. The summed E-state index contributed by atoms with van der Waals surface area (Å²) in [6.45, 7) is -5.53. The van der Waals surface area contributed by atoms with Gasteiger partial charge in [0.15, 0.2) is 0 Å². The van der Waals surface area contributed by atoms with Crippen molar-refractivity contribution in [3.8, 4) is 0 Å². The molecular weight excluding hydrogens is 162 g/mol. The van der Waals surface area contributed by atoms with Gasteiger partial charge in [0, 0.05) is 24.9 Å². The molecule has 1 fully saturated rings. The Hall–Kier alpha value is -1.15. The summed E-state index contributed by atoms with van der Waals surface area (Å²) in [5.74, 6) is -1.37. The van der Waals surface area contributed by atoms with Crippen LogP contribution in [0.15, 0.2) is 30.3 Å². The number of hydrogen-bond acceptors (Lipinski definition) is 2. The van der Waals surface area contributed by atoms with Crippen molar-refractivity contribution in [2.75, 3.05) is 13.0 Å². The molecule has 0 unspecified atom stereocenters. The molecule has 1 aromatic carbocycles. The van der Waals surface area contributed by atoms with Crippen molar-refractivity contribution in [2.24, 2.45) is 0 Å². The van der Waals surface area contributed by atoms with Crippen LogP contribution in [0.3, 0.4) is 0 Å². The Morgan fingerprint density at radius 3 is 2.77 bits per heavy atom. The fourth-order valence-electron chi connectivity index (χ4n) is 1.14. The highest BCUT2D eigenvalue weighted by atomic mass is 16.1. The third-order valence-electron chi connectivity index (χ3n) is 1.72. The van der Waals surface area contributed by atoms with Crippen molar-refractivity contribution in [1.82, 2.24) is 4.90 Å². The van der Waals surface area contributed by atoms with Crippen LogP contribution in [0.2, 0.25) is 0 Å². The average molecular weight is 181 g/mol. The Morgan fingerprint density at radius 1 is 1.38 bits per heavy atom. The number of rotatable bonds is 2. The average Bonchev–Trinajstić information content (AvgIpc) is 2.42. The van der Waals surface area contributed by atoms with Crippen molar-refractivity contribution < 1.29 is 13.0 Å². The number of nitrogens with zero attached hydrogens (tertiary/aromatic N) is 1. The summed E-state index contributed by atoms with van der Waals surface area (Å²) in [4.78, 5) is 12.4. The zero-order chi connectivity index (χ0) is 14.5. The van der Waals surface area contributed by atoms with Crippen LogP contribution in [0.25, 0.3) is 0 Å². The first kappa shape index (κ1) is 3.93. The molecule has 0 N–H and O–H groups in total. The summed E-state index contributed by atoms with van der Waals surface area (Å²) in [5, 5.41) is 0. The Kier molecular flexibility index (Phi) is 1.12. The quantitative estimate of drug-likeness (QED) is 0.688. The van der Waals surface area contributed by atoms with E-state index < -0.39 is 25.1 Å². The second-order valence-corrected chi connectivity index (χ2v) is 2.75. The molecule has 68 valence electrons. The summed E-state index contributed by atoms with van der Waals surface area (Å²) in [6, 6.07) is 8.54. The number of likely N-dealkylation sites (tertiary alicyclic amines) is 1. The van der Waals surface area contributed by atoms with Crippen LogP contribution in [0, 0.1) is 0 Å². The molecule has 2 heteroatoms. The van der Waals surface area contributed by atoms with Gasteiger partial charge in [-0.2, -0.15) is 0 Å². The van der Waals surface area contributed by atoms with Gasteiger partial charge in [-0.1, -0.05) is 30.3 Å². The number of Topliss-reactive ketones (excluding diaryl/α,β-unsaturated/α-hetero) is 1. The molecule has 13 heavy (non-hydrogen) atoms. The van der Waals surface area contributed by atoms with Crippen LogP contribution < -0.4 is 0 Å². The Labute approximate surface area is 86.6 Å². The number of ketones is 1. The molecule has 0 spiro atoms. The summed E-state index contributed by atoms with van der Waals surface area (Å²) in [6.07, 6.45) is -2.87. The molecule has 1 saturated heterocycles. The van der Waals surface area contributed by atoms with Gasteiger partial charge in [-0.05, 0) is 5.56 Å². The second kappa shape index (κ2) is 3.71. The van der Waals surface area contributed by atoms with Gasteiger partial charge in [0.2, 0.25) is 0 Å². The highest BCUT2D eigenvalue weighted by Crippen LogP contribution is 2.09. The molecule has 0 aromatic heterocycles. The highest BCUT2D eigenvalue weighted by Gasteiger charge is 2.18. The molecule has 0 aliphatic carbocycles. The second-order valence-electron chi connectivity index (χ2n) is 2.75. The molecule has 2 nitrogen and oxygen atoms in total. The van der Waals surface area contributed by atoms with Crippen molar-refractivity contribution in [1.29, 1.82) is 0 Å². The van der Waals surface area contributed by atoms with Gasteiger partial charge in [0.1, 0.15) is 5.78 Å². The largest absolute Gasteiger partial charge is 0.298 e. The van der Waals surface area contributed by atoms with E-state index in [4.69, 9.17) is 8.22 Å².